The molecule has 28 heavy (non-hydrogen) atoms. The minimum Gasteiger partial charge on any atom is -0.388 e. The van der Waals surface area contributed by atoms with Crippen LogP contribution in [0, 0.1) is 5.41 Å². The van der Waals surface area contributed by atoms with Gasteiger partial charge in [0.25, 0.3) is 0 Å². The summed E-state index contributed by atoms with van der Waals surface area (Å²) in [6, 6.07) is 35.1. The van der Waals surface area contributed by atoms with Crippen LogP contribution in [0.5, 0.6) is 0 Å². The van der Waals surface area contributed by atoms with E-state index >= 15 is 0 Å². The van der Waals surface area contributed by atoms with Crippen LogP contribution >= 0.6 is 0 Å². The van der Waals surface area contributed by atoms with E-state index < -0.39 is 0 Å². The quantitative estimate of drug-likeness (QED) is 0.392. The average Bonchev–Trinajstić information content (AvgIpc) is 2.79. The Morgan fingerprint density at radius 2 is 1.18 bits per heavy atom. The highest BCUT2D eigenvalue weighted by molar-refractivity contribution is 6.14. The van der Waals surface area contributed by atoms with Gasteiger partial charge in [-0.05, 0) is 34.4 Å². The lowest BCUT2D eigenvalue weighted by molar-refractivity contribution is 1.43. The summed E-state index contributed by atoms with van der Waals surface area (Å²) in [6.07, 6.45) is 0. The van der Waals surface area contributed by atoms with Gasteiger partial charge in [-0.3, -0.25) is 5.41 Å². The van der Waals surface area contributed by atoms with Crippen molar-refractivity contribution >= 4 is 11.4 Å². The summed E-state index contributed by atoms with van der Waals surface area (Å²) in [5, 5.41) is 11.9. The van der Waals surface area contributed by atoms with Gasteiger partial charge in [0.05, 0.1) is 5.71 Å². The van der Waals surface area contributed by atoms with E-state index in [2.05, 4.69) is 66.0 Å². The minimum absolute atomic E-state index is 0.521. The number of hydrogen-bond acceptors (Lipinski definition) is 2. The molecule has 0 saturated carbocycles. The maximum absolute atomic E-state index is 8.68. The zero-order valence-electron chi connectivity index (χ0n) is 15.8. The topological polar surface area (TPSA) is 35.9 Å². The molecule has 0 heterocycles. The predicted molar refractivity (Wildman–Crippen MR) is 119 cm³/mol. The van der Waals surface area contributed by atoms with E-state index in [9.17, 15) is 0 Å². The first-order valence-electron chi connectivity index (χ1n) is 9.38. The van der Waals surface area contributed by atoms with Crippen molar-refractivity contribution in [1.29, 1.82) is 5.41 Å². The highest BCUT2D eigenvalue weighted by Crippen LogP contribution is 2.27. The SMILES string of the molecule is CNc1ccccc1C(=N)c1cccc(-c2ccc(-c3ccccc3)cc2)c1. The molecule has 4 rings (SSSR count). The van der Waals surface area contributed by atoms with Crippen molar-refractivity contribution in [3.05, 3.63) is 114 Å². The fraction of sp³-hybridized carbons (Fsp3) is 0.0385. The van der Waals surface area contributed by atoms with Crippen molar-refractivity contribution in [2.75, 3.05) is 12.4 Å². The Labute approximate surface area is 166 Å². The van der Waals surface area contributed by atoms with Gasteiger partial charge in [0.15, 0.2) is 0 Å². The third-order valence-electron chi connectivity index (χ3n) is 4.94. The molecule has 2 heteroatoms. The van der Waals surface area contributed by atoms with E-state index in [1.807, 2.05) is 49.5 Å². The fourth-order valence-corrected chi connectivity index (χ4v) is 3.41. The van der Waals surface area contributed by atoms with Crippen molar-refractivity contribution in [1.82, 2.24) is 0 Å². The number of nitrogens with one attached hydrogen (secondary N) is 2. The van der Waals surface area contributed by atoms with E-state index in [-0.39, 0.29) is 0 Å². The molecule has 0 radical (unpaired) electrons. The highest BCUT2D eigenvalue weighted by Gasteiger charge is 2.10. The maximum Gasteiger partial charge on any atom is 0.0705 e. The van der Waals surface area contributed by atoms with Crippen LogP contribution in [-0.4, -0.2) is 12.8 Å². The average molecular weight is 362 g/mol. The Bertz CT molecular complexity index is 1100. The third kappa shape index (κ3) is 3.58. The van der Waals surface area contributed by atoms with E-state index in [1.54, 1.807) is 0 Å². The van der Waals surface area contributed by atoms with Crippen LogP contribution in [0.3, 0.4) is 0 Å². The van der Waals surface area contributed by atoms with Gasteiger partial charge >= 0.3 is 0 Å². The van der Waals surface area contributed by atoms with Crippen LogP contribution in [0.15, 0.2) is 103 Å². The lowest BCUT2D eigenvalue weighted by Crippen LogP contribution is -2.05. The Kier molecular flexibility index (Phi) is 5.03. The molecule has 2 N–H and O–H groups in total. The molecule has 0 fully saturated rings. The van der Waals surface area contributed by atoms with Gasteiger partial charge in [-0.15, -0.1) is 0 Å². The van der Waals surface area contributed by atoms with Crippen LogP contribution in [0.25, 0.3) is 22.3 Å². The molecule has 0 aromatic heterocycles. The Morgan fingerprint density at radius 1 is 0.607 bits per heavy atom. The van der Waals surface area contributed by atoms with Gasteiger partial charge in [-0.1, -0.05) is 91.0 Å². The van der Waals surface area contributed by atoms with E-state index in [4.69, 9.17) is 5.41 Å². The summed E-state index contributed by atoms with van der Waals surface area (Å²) in [7, 11) is 1.89. The minimum atomic E-state index is 0.521. The molecule has 0 aliphatic heterocycles. The molecule has 0 amide bonds. The molecule has 2 nitrogen and oxygen atoms in total. The first-order valence-corrected chi connectivity index (χ1v) is 9.38. The Morgan fingerprint density at radius 3 is 1.89 bits per heavy atom. The smallest absolute Gasteiger partial charge is 0.0705 e. The molecule has 0 unspecified atom stereocenters. The van der Waals surface area contributed by atoms with Crippen LogP contribution in [-0.2, 0) is 0 Å². The number of anilines is 1. The first kappa shape index (κ1) is 17.7. The third-order valence-corrected chi connectivity index (χ3v) is 4.94. The van der Waals surface area contributed by atoms with Crippen molar-refractivity contribution < 1.29 is 0 Å². The lowest BCUT2D eigenvalue weighted by Gasteiger charge is -2.12. The largest absolute Gasteiger partial charge is 0.388 e. The first-order chi connectivity index (χ1) is 13.8. The number of para-hydroxylation sites is 1. The van der Waals surface area contributed by atoms with Crippen molar-refractivity contribution in [3.63, 3.8) is 0 Å². The molecule has 0 aliphatic carbocycles. The van der Waals surface area contributed by atoms with E-state index in [0.717, 1.165) is 27.9 Å². The molecule has 4 aromatic carbocycles. The second-order valence-corrected chi connectivity index (χ2v) is 6.69. The van der Waals surface area contributed by atoms with Gasteiger partial charge in [-0.2, -0.15) is 0 Å². The van der Waals surface area contributed by atoms with Crippen molar-refractivity contribution in [2.24, 2.45) is 0 Å². The predicted octanol–water partition coefficient (Wildman–Crippen LogP) is 6.48. The second-order valence-electron chi connectivity index (χ2n) is 6.69. The zero-order valence-corrected chi connectivity index (χ0v) is 15.8. The zero-order chi connectivity index (χ0) is 19.3. The summed E-state index contributed by atoms with van der Waals surface area (Å²) >= 11 is 0. The van der Waals surface area contributed by atoms with Gasteiger partial charge in [0, 0.05) is 23.9 Å². The molecular formula is C26H22N2. The number of benzene rings is 4. The molecule has 0 atom stereocenters. The van der Waals surface area contributed by atoms with Gasteiger partial charge in [-0.25, -0.2) is 0 Å². The molecule has 0 spiro atoms. The molecular weight excluding hydrogens is 340 g/mol. The van der Waals surface area contributed by atoms with Crippen LogP contribution in [0.1, 0.15) is 11.1 Å². The highest BCUT2D eigenvalue weighted by atomic mass is 14.8. The molecule has 0 bridgehead atoms. The van der Waals surface area contributed by atoms with E-state index in [0.29, 0.717) is 5.71 Å². The van der Waals surface area contributed by atoms with Crippen molar-refractivity contribution in [3.8, 4) is 22.3 Å². The Hall–Kier alpha value is -3.65. The molecule has 4 aromatic rings. The fourth-order valence-electron chi connectivity index (χ4n) is 3.41. The van der Waals surface area contributed by atoms with Gasteiger partial charge in [0.1, 0.15) is 0 Å². The molecule has 0 aliphatic rings. The Balaban J connectivity index is 1.65. The van der Waals surface area contributed by atoms with Crippen LogP contribution < -0.4 is 5.32 Å². The van der Waals surface area contributed by atoms with Gasteiger partial charge < -0.3 is 5.32 Å². The summed E-state index contributed by atoms with van der Waals surface area (Å²) in [5.41, 5.74) is 7.98. The monoisotopic (exact) mass is 362 g/mol. The van der Waals surface area contributed by atoms with Crippen LogP contribution in [0.4, 0.5) is 5.69 Å². The molecule has 136 valence electrons. The van der Waals surface area contributed by atoms with Crippen LogP contribution in [0.2, 0.25) is 0 Å². The maximum atomic E-state index is 8.68. The standard InChI is InChI=1S/C26H22N2/c1-28-25-13-6-5-12-24(25)26(27)23-11-7-10-22(18-23)21-16-14-20(15-17-21)19-8-3-2-4-9-19/h2-18,27-28H,1H3. The summed E-state index contributed by atoms with van der Waals surface area (Å²) < 4.78 is 0. The molecule has 0 saturated heterocycles. The van der Waals surface area contributed by atoms with Crippen molar-refractivity contribution in [2.45, 2.75) is 0 Å². The normalized spacial score (nSPS) is 10.5. The van der Waals surface area contributed by atoms with E-state index in [1.165, 1.54) is 11.1 Å². The summed E-state index contributed by atoms with van der Waals surface area (Å²) in [4.78, 5) is 0. The number of rotatable bonds is 5. The number of hydrogen-bond donors (Lipinski definition) is 2. The summed E-state index contributed by atoms with van der Waals surface area (Å²) in [5.74, 6) is 0. The second kappa shape index (κ2) is 7.93. The van der Waals surface area contributed by atoms with Gasteiger partial charge in [0.2, 0.25) is 0 Å². The summed E-state index contributed by atoms with van der Waals surface area (Å²) in [6.45, 7) is 0. The lowest BCUT2D eigenvalue weighted by atomic mass is 9.95.